The van der Waals surface area contributed by atoms with Gasteiger partial charge in [0.15, 0.2) is 11.5 Å². The first-order valence-corrected chi connectivity index (χ1v) is 9.56. The third-order valence-electron chi connectivity index (χ3n) is 5.17. The predicted octanol–water partition coefficient (Wildman–Crippen LogP) is 1.71. The largest absolute Gasteiger partial charge is 0.507 e. The molecule has 4 rings (SSSR count). The second-order valence-corrected chi connectivity index (χ2v) is 7.03. The summed E-state index contributed by atoms with van der Waals surface area (Å²) in [7, 11) is 0. The third kappa shape index (κ3) is 3.51. The maximum Gasteiger partial charge on any atom is 0.276 e. The number of carbonyl (C=O) groups excluding carboxylic acids is 1. The zero-order valence-corrected chi connectivity index (χ0v) is 15.9. The topological polar surface area (TPSA) is 93.3 Å². The minimum atomic E-state index is -1.21. The van der Waals surface area contributed by atoms with Crippen LogP contribution in [-0.4, -0.2) is 56.9 Å². The van der Waals surface area contributed by atoms with Crippen molar-refractivity contribution in [2.24, 2.45) is 5.73 Å². The van der Waals surface area contributed by atoms with E-state index in [1.54, 1.807) is 16.1 Å². The normalized spacial score (nSPS) is 19.8. The molecule has 0 bridgehead atoms. The van der Waals surface area contributed by atoms with Crippen molar-refractivity contribution in [3.05, 3.63) is 95.5 Å². The maximum atomic E-state index is 13.0. The van der Waals surface area contributed by atoms with Crippen LogP contribution in [0.25, 0.3) is 0 Å². The molecular weight excluding hydrogens is 368 g/mol. The van der Waals surface area contributed by atoms with Gasteiger partial charge in [0.1, 0.15) is 6.10 Å². The van der Waals surface area contributed by atoms with Gasteiger partial charge in [-0.3, -0.25) is 9.80 Å². The Hall–Kier alpha value is -3.13. The van der Waals surface area contributed by atoms with Crippen LogP contribution < -0.4 is 5.73 Å². The van der Waals surface area contributed by atoms with Gasteiger partial charge in [0, 0.05) is 19.3 Å². The first kappa shape index (κ1) is 19.2. The standard InChI is InChI=1S/C22H24N4O3/c23-12-14-24-15-26(25-13-11-18(27)21(28)20(25)22(24)29)19(16-7-3-1-4-8-16)17-9-5-2-6-10-17/h1-11,13,18-19,27-28H,12,14-15,23H2. The first-order chi connectivity index (χ1) is 14.1. The lowest BCUT2D eigenvalue weighted by Gasteiger charge is -2.48. The lowest BCUT2D eigenvalue weighted by atomic mass is 9.97. The Morgan fingerprint density at radius 1 is 1.03 bits per heavy atom. The number of carbonyl (C=O) groups is 1. The van der Waals surface area contributed by atoms with Crippen molar-refractivity contribution in [3.63, 3.8) is 0 Å². The van der Waals surface area contributed by atoms with Crippen LogP contribution >= 0.6 is 0 Å². The summed E-state index contributed by atoms with van der Waals surface area (Å²) in [4.78, 5) is 14.6. The van der Waals surface area contributed by atoms with Crippen molar-refractivity contribution in [3.8, 4) is 0 Å². The van der Waals surface area contributed by atoms with Crippen LogP contribution in [0.5, 0.6) is 0 Å². The fraction of sp³-hybridized carbons (Fsp3) is 0.227. The van der Waals surface area contributed by atoms with Crippen LogP contribution in [0, 0.1) is 0 Å². The molecule has 0 aromatic heterocycles. The minimum Gasteiger partial charge on any atom is -0.507 e. The van der Waals surface area contributed by atoms with E-state index >= 15 is 0 Å². The summed E-state index contributed by atoms with van der Waals surface area (Å²) in [5, 5.41) is 24.2. The molecule has 0 radical (unpaired) electrons. The molecule has 1 amide bonds. The van der Waals surface area contributed by atoms with Gasteiger partial charge in [0.05, 0.1) is 12.7 Å². The molecule has 7 heteroatoms. The summed E-state index contributed by atoms with van der Waals surface area (Å²) in [5.74, 6) is -0.712. The molecule has 0 saturated carbocycles. The molecule has 1 unspecified atom stereocenters. The van der Waals surface area contributed by atoms with E-state index in [1.165, 1.54) is 6.08 Å². The molecule has 29 heavy (non-hydrogen) atoms. The number of nitrogens with zero attached hydrogens (tertiary/aromatic N) is 3. The molecule has 150 valence electrons. The first-order valence-electron chi connectivity index (χ1n) is 9.56. The number of hydrogen-bond acceptors (Lipinski definition) is 6. The zero-order valence-electron chi connectivity index (χ0n) is 15.9. The van der Waals surface area contributed by atoms with Crippen molar-refractivity contribution in [1.82, 2.24) is 14.9 Å². The molecule has 2 aromatic carbocycles. The highest BCUT2D eigenvalue weighted by molar-refractivity contribution is 5.94. The summed E-state index contributed by atoms with van der Waals surface area (Å²) in [5.41, 5.74) is 7.86. The Morgan fingerprint density at radius 3 is 2.17 bits per heavy atom. The van der Waals surface area contributed by atoms with E-state index < -0.39 is 6.10 Å². The van der Waals surface area contributed by atoms with E-state index in [0.29, 0.717) is 19.8 Å². The molecule has 7 nitrogen and oxygen atoms in total. The molecule has 4 N–H and O–H groups in total. The van der Waals surface area contributed by atoms with E-state index in [1.807, 2.05) is 65.7 Å². The summed E-state index contributed by atoms with van der Waals surface area (Å²) >= 11 is 0. The molecule has 0 aliphatic carbocycles. The quantitative estimate of drug-likeness (QED) is 0.717. The SMILES string of the molecule is NCCN1CN(C(c2ccccc2)c2ccccc2)N2C=CC(O)C(O)=C2C1=O. The number of nitrogens with two attached hydrogens (primary N) is 1. The molecule has 0 spiro atoms. The van der Waals surface area contributed by atoms with Gasteiger partial charge >= 0.3 is 0 Å². The zero-order chi connectivity index (χ0) is 20.4. The average molecular weight is 392 g/mol. The molecule has 2 aliphatic rings. The van der Waals surface area contributed by atoms with Gasteiger partial charge in [-0.1, -0.05) is 60.7 Å². The van der Waals surface area contributed by atoms with E-state index in [4.69, 9.17) is 5.73 Å². The molecule has 2 aromatic rings. The van der Waals surface area contributed by atoms with Crippen molar-refractivity contribution in [2.75, 3.05) is 19.8 Å². The van der Waals surface area contributed by atoms with Gasteiger partial charge in [-0.05, 0) is 17.2 Å². The highest BCUT2D eigenvalue weighted by Crippen LogP contribution is 2.36. The third-order valence-corrected chi connectivity index (χ3v) is 5.17. The summed E-state index contributed by atoms with van der Waals surface area (Å²) in [6.45, 7) is 0.936. The Labute approximate surface area is 169 Å². The van der Waals surface area contributed by atoms with E-state index in [2.05, 4.69) is 0 Å². The van der Waals surface area contributed by atoms with Crippen LogP contribution in [-0.2, 0) is 4.79 Å². The van der Waals surface area contributed by atoms with E-state index in [9.17, 15) is 15.0 Å². The van der Waals surface area contributed by atoms with E-state index in [0.717, 1.165) is 11.1 Å². The Kier molecular flexibility index (Phi) is 5.35. The smallest absolute Gasteiger partial charge is 0.276 e. The number of amides is 1. The van der Waals surface area contributed by atoms with Gasteiger partial charge in [-0.2, -0.15) is 5.01 Å². The van der Waals surface area contributed by atoms with Crippen LogP contribution in [0.2, 0.25) is 0 Å². The van der Waals surface area contributed by atoms with E-state index in [-0.39, 0.29) is 23.4 Å². The minimum absolute atomic E-state index is 0.0524. The average Bonchev–Trinajstić information content (AvgIpc) is 2.75. The van der Waals surface area contributed by atoms with Crippen LogP contribution in [0.4, 0.5) is 0 Å². The van der Waals surface area contributed by atoms with Crippen molar-refractivity contribution in [2.45, 2.75) is 12.1 Å². The van der Waals surface area contributed by atoms with Crippen LogP contribution in [0.3, 0.4) is 0 Å². The van der Waals surface area contributed by atoms with Crippen molar-refractivity contribution in [1.29, 1.82) is 0 Å². The Morgan fingerprint density at radius 2 is 1.62 bits per heavy atom. The van der Waals surface area contributed by atoms with Gasteiger partial charge in [-0.15, -0.1) is 0 Å². The highest BCUT2D eigenvalue weighted by Gasteiger charge is 2.42. The molecule has 1 atom stereocenters. The number of hydrazine groups is 1. The number of fused-ring (bicyclic) bond motifs is 1. The van der Waals surface area contributed by atoms with Gasteiger partial charge in [0.25, 0.3) is 5.91 Å². The monoisotopic (exact) mass is 392 g/mol. The Bertz CT molecular complexity index is 890. The van der Waals surface area contributed by atoms with Gasteiger partial charge in [0.2, 0.25) is 0 Å². The van der Waals surface area contributed by atoms with Crippen LogP contribution in [0.1, 0.15) is 17.2 Å². The van der Waals surface area contributed by atoms with Crippen molar-refractivity contribution < 1.29 is 15.0 Å². The molecule has 2 heterocycles. The lowest BCUT2D eigenvalue weighted by Crippen LogP contribution is -2.59. The number of hydrogen-bond donors (Lipinski definition) is 3. The molecule has 1 saturated heterocycles. The summed E-state index contributed by atoms with van der Waals surface area (Å²) in [6, 6.07) is 19.7. The van der Waals surface area contributed by atoms with Crippen molar-refractivity contribution >= 4 is 5.91 Å². The lowest BCUT2D eigenvalue weighted by molar-refractivity contribution is -0.149. The van der Waals surface area contributed by atoms with Gasteiger partial charge in [-0.25, -0.2) is 0 Å². The highest BCUT2D eigenvalue weighted by atomic mass is 16.3. The second-order valence-electron chi connectivity index (χ2n) is 7.03. The molecule has 2 aliphatic heterocycles. The number of aliphatic hydroxyl groups excluding tert-OH is 2. The molecular formula is C22H24N4O3. The number of rotatable bonds is 5. The fourth-order valence-corrected chi connectivity index (χ4v) is 3.81. The number of aliphatic hydroxyl groups is 2. The predicted molar refractivity (Wildman–Crippen MR) is 109 cm³/mol. The Balaban J connectivity index is 1.85. The number of benzene rings is 2. The summed E-state index contributed by atoms with van der Waals surface area (Å²) in [6.07, 6.45) is 1.89. The second kappa shape index (κ2) is 8.08. The van der Waals surface area contributed by atoms with Crippen LogP contribution in [0.15, 0.2) is 84.4 Å². The maximum absolute atomic E-state index is 13.0. The van der Waals surface area contributed by atoms with Gasteiger partial charge < -0.3 is 20.8 Å². The summed E-state index contributed by atoms with van der Waals surface area (Å²) < 4.78 is 0. The molecule has 1 fully saturated rings. The fourth-order valence-electron chi connectivity index (χ4n) is 3.81.